The summed E-state index contributed by atoms with van der Waals surface area (Å²) >= 11 is 5.00. The maximum absolute atomic E-state index is 4.02. The van der Waals surface area contributed by atoms with Crippen molar-refractivity contribution in [1.82, 2.24) is 15.2 Å². The molecule has 56 valence electrons. The third kappa shape index (κ3) is 1.34. The molecule has 0 unspecified atom stereocenters. The summed E-state index contributed by atoms with van der Waals surface area (Å²) in [4.78, 5) is 5.11. The van der Waals surface area contributed by atoms with E-state index in [4.69, 9.17) is 0 Å². The maximum Gasteiger partial charge on any atom is 0.165 e. The van der Waals surface area contributed by atoms with Gasteiger partial charge in [0.1, 0.15) is 6.33 Å². The number of aromatic amines is 1. The van der Waals surface area contributed by atoms with Crippen molar-refractivity contribution in [3.63, 3.8) is 0 Å². The minimum absolute atomic E-state index is 0.820. The highest BCUT2D eigenvalue weighted by Crippen LogP contribution is 2.28. The molecule has 0 atom stereocenters. The Hall–Kier alpha value is -0.680. The van der Waals surface area contributed by atoms with Gasteiger partial charge in [0, 0.05) is 0 Å². The molecular formula is C6H4BrN3S. The van der Waals surface area contributed by atoms with Crippen molar-refractivity contribution in [3.05, 3.63) is 22.2 Å². The summed E-state index contributed by atoms with van der Waals surface area (Å²) in [5.41, 5.74) is 0. The predicted molar refractivity (Wildman–Crippen MR) is 47.4 cm³/mol. The van der Waals surface area contributed by atoms with Gasteiger partial charge < -0.3 is 0 Å². The number of rotatable bonds is 1. The first-order valence-corrected chi connectivity index (χ1v) is 4.58. The minimum Gasteiger partial charge on any atom is -0.259 e. The van der Waals surface area contributed by atoms with Crippen LogP contribution in [-0.4, -0.2) is 15.2 Å². The van der Waals surface area contributed by atoms with E-state index < -0.39 is 0 Å². The molecule has 2 aromatic heterocycles. The fourth-order valence-electron chi connectivity index (χ4n) is 0.766. The van der Waals surface area contributed by atoms with Crippen LogP contribution in [-0.2, 0) is 0 Å². The van der Waals surface area contributed by atoms with E-state index in [9.17, 15) is 0 Å². The Labute approximate surface area is 75.6 Å². The molecular weight excluding hydrogens is 226 g/mol. The van der Waals surface area contributed by atoms with Crippen LogP contribution in [0.5, 0.6) is 0 Å². The fraction of sp³-hybridized carbons (Fsp3) is 0. The first kappa shape index (κ1) is 7.00. The molecule has 0 saturated heterocycles. The van der Waals surface area contributed by atoms with Gasteiger partial charge in [-0.3, -0.25) is 5.10 Å². The lowest BCUT2D eigenvalue weighted by Gasteiger charge is -1.84. The van der Waals surface area contributed by atoms with Gasteiger partial charge in [0.15, 0.2) is 5.82 Å². The number of hydrogen-bond acceptors (Lipinski definition) is 3. The van der Waals surface area contributed by atoms with Crippen LogP contribution < -0.4 is 0 Å². The Bertz CT molecular complexity index is 340. The van der Waals surface area contributed by atoms with Crippen molar-refractivity contribution in [3.8, 4) is 10.7 Å². The van der Waals surface area contributed by atoms with Gasteiger partial charge in [0.2, 0.25) is 0 Å². The lowest BCUT2D eigenvalue weighted by molar-refractivity contribution is 1.10. The largest absolute Gasteiger partial charge is 0.259 e. The molecule has 0 fully saturated rings. The summed E-state index contributed by atoms with van der Waals surface area (Å²) in [7, 11) is 0. The zero-order valence-corrected chi connectivity index (χ0v) is 7.82. The number of nitrogens with one attached hydrogen (secondary N) is 1. The summed E-state index contributed by atoms with van der Waals surface area (Å²) in [6.07, 6.45) is 1.50. The molecule has 2 aromatic rings. The predicted octanol–water partition coefficient (Wildman–Crippen LogP) is 2.30. The van der Waals surface area contributed by atoms with Crippen LogP contribution in [0.2, 0.25) is 0 Å². The molecule has 1 N–H and O–H groups in total. The first-order chi connectivity index (χ1) is 5.36. The lowest BCUT2D eigenvalue weighted by Crippen LogP contribution is -1.72. The minimum atomic E-state index is 0.820. The molecule has 3 nitrogen and oxygen atoms in total. The Kier molecular flexibility index (Phi) is 1.75. The third-order valence-electron chi connectivity index (χ3n) is 1.22. The van der Waals surface area contributed by atoms with E-state index in [-0.39, 0.29) is 0 Å². The average Bonchev–Trinajstić information content (AvgIpc) is 2.55. The molecule has 11 heavy (non-hydrogen) atoms. The van der Waals surface area contributed by atoms with Crippen LogP contribution in [0.25, 0.3) is 10.7 Å². The Morgan fingerprint density at radius 3 is 2.91 bits per heavy atom. The third-order valence-corrected chi connectivity index (χ3v) is 2.85. The second-order valence-corrected chi connectivity index (χ2v) is 4.40. The molecule has 2 rings (SSSR count). The van der Waals surface area contributed by atoms with Gasteiger partial charge in [0.25, 0.3) is 0 Å². The fourth-order valence-corrected chi connectivity index (χ4v) is 2.10. The highest BCUT2D eigenvalue weighted by atomic mass is 79.9. The standard InChI is InChI=1S/C6H4BrN3S/c7-5-2-1-4(11-5)6-8-3-9-10-6/h1-3H,(H,8,9,10). The van der Waals surface area contributed by atoms with Gasteiger partial charge in [-0.05, 0) is 28.1 Å². The molecule has 0 saturated carbocycles. The van der Waals surface area contributed by atoms with Gasteiger partial charge in [-0.25, -0.2) is 4.98 Å². The van der Waals surface area contributed by atoms with Crippen LogP contribution in [0, 0.1) is 0 Å². The van der Waals surface area contributed by atoms with Crippen molar-refractivity contribution < 1.29 is 0 Å². The van der Waals surface area contributed by atoms with Gasteiger partial charge in [-0.1, -0.05) is 0 Å². The number of nitrogens with zero attached hydrogens (tertiary/aromatic N) is 2. The van der Waals surface area contributed by atoms with Gasteiger partial charge in [0.05, 0.1) is 8.66 Å². The lowest BCUT2D eigenvalue weighted by atomic mass is 10.4. The molecule has 0 aliphatic carbocycles. The first-order valence-electron chi connectivity index (χ1n) is 2.97. The molecule has 0 aromatic carbocycles. The SMILES string of the molecule is Brc1ccc(-c2ncn[nH]2)s1. The summed E-state index contributed by atoms with van der Waals surface area (Å²) in [6, 6.07) is 3.98. The Morgan fingerprint density at radius 2 is 2.36 bits per heavy atom. The molecule has 0 aliphatic rings. The summed E-state index contributed by atoms with van der Waals surface area (Å²) in [5.74, 6) is 0.820. The van der Waals surface area contributed by atoms with E-state index in [1.807, 2.05) is 12.1 Å². The van der Waals surface area contributed by atoms with Crippen molar-refractivity contribution in [2.45, 2.75) is 0 Å². The highest BCUT2D eigenvalue weighted by Gasteiger charge is 2.02. The molecule has 0 bridgehead atoms. The van der Waals surface area contributed by atoms with Crippen LogP contribution in [0.4, 0.5) is 0 Å². The Morgan fingerprint density at radius 1 is 1.45 bits per heavy atom. The second kappa shape index (κ2) is 2.75. The van der Waals surface area contributed by atoms with Crippen LogP contribution in [0.15, 0.2) is 22.2 Å². The van der Waals surface area contributed by atoms with Crippen LogP contribution in [0.3, 0.4) is 0 Å². The van der Waals surface area contributed by atoms with E-state index >= 15 is 0 Å². The van der Waals surface area contributed by atoms with Crippen molar-refractivity contribution in [2.75, 3.05) is 0 Å². The number of aromatic nitrogens is 3. The topological polar surface area (TPSA) is 41.6 Å². The zero-order chi connectivity index (χ0) is 7.68. The van der Waals surface area contributed by atoms with Gasteiger partial charge in [-0.15, -0.1) is 11.3 Å². The molecule has 0 spiro atoms. The molecule has 2 heterocycles. The zero-order valence-electron chi connectivity index (χ0n) is 5.41. The van der Waals surface area contributed by atoms with Gasteiger partial charge in [-0.2, -0.15) is 5.10 Å². The van der Waals surface area contributed by atoms with E-state index in [1.165, 1.54) is 6.33 Å². The molecule has 5 heteroatoms. The van der Waals surface area contributed by atoms with Crippen molar-refractivity contribution in [2.24, 2.45) is 0 Å². The van der Waals surface area contributed by atoms with Crippen molar-refractivity contribution >= 4 is 27.3 Å². The normalized spacial score (nSPS) is 10.3. The Balaban J connectivity index is 2.45. The van der Waals surface area contributed by atoms with Crippen LogP contribution >= 0.6 is 27.3 Å². The van der Waals surface area contributed by atoms with Crippen molar-refractivity contribution in [1.29, 1.82) is 0 Å². The highest BCUT2D eigenvalue weighted by molar-refractivity contribution is 9.11. The monoisotopic (exact) mass is 229 g/mol. The number of halogens is 1. The van der Waals surface area contributed by atoms with E-state index in [0.717, 1.165) is 14.5 Å². The number of H-pyrrole nitrogens is 1. The molecule has 0 amide bonds. The van der Waals surface area contributed by atoms with E-state index in [1.54, 1.807) is 11.3 Å². The number of thiophene rings is 1. The molecule has 0 aliphatic heterocycles. The summed E-state index contributed by atoms with van der Waals surface area (Å²) in [6.45, 7) is 0. The molecule has 0 radical (unpaired) electrons. The van der Waals surface area contributed by atoms with E-state index in [0.29, 0.717) is 0 Å². The van der Waals surface area contributed by atoms with Crippen LogP contribution in [0.1, 0.15) is 0 Å². The van der Waals surface area contributed by atoms with Gasteiger partial charge >= 0.3 is 0 Å². The summed E-state index contributed by atoms with van der Waals surface area (Å²) < 4.78 is 1.10. The second-order valence-electron chi connectivity index (χ2n) is 1.94. The quantitative estimate of drug-likeness (QED) is 0.816. The average molecular weight is 230 g/mol. The smallest absolute Gasteiger partial charge is 0.165 e. The van der Waals surface area contributed by atoms with E-state index in [2.05, 4.69) is 31.1 Å². The maximum atomic E-state index is 4.02. The summed E-state index contributed by atoms with van der Waals surface area (Å²) in [5, 5.41) is 6.56. The number of hydrogen-bond donors (Lipinski definition) is 1.